The van der Waals surface area contributed by atoms with E-state index in [2.05, 4.69) is 5.32 Å². The summed E-state index contributed by atoms with van der Waals surface area (Å²) < 4.78 is 20.5. The van der Waals surface area contributed by atoms with E-state index in [0.29, 0.717) is 0 Å². The molecule has 0 spiro atoms. The summed E-state index contributed by atoms with van der Waals surface area (Å²) in [6.07, 6.45) is 2.51. The standard InChI is InChI=1S/C4H9NO2S/c1-5-3-4-8(2,6)7/h3-5H,1-2H3/b4-3-. The van der Waals surface area contributed by atoms with Crippen LogP contribution in [0.15, 0.2) is 11.6 Å². The Hall–Kier alpha value is -0.510. The maximum Gasteiger partial charge on any atom is 0.170 e. The van der Waals surface area contributed by atoms with Gasteiger partial charge in [0, 0.05) is 24.9 Å². The first kappa shape index (κ1) is 7.49. The highest BCUT2D eigenvalue weighted by atomic mass is 32.2. The molecular weight excluding hydrogens is 126 g/mol. The molecule has 48 valence electrons. The zero-order valence-corrected chi connectivity index (χ0v) is 5.70. The molecule has 0 saturated heterocycles. The van der Waals surface area contributed by atoms with Crippen LogP contribution in [0.4, 0.5) is 0 Å². The van der Waals surface area contributed by atoms with Crippen molar-refractivity contribution < 1.29 is 8.42 Å². The van der Waals surface area contributed by atoms with Gasteiger partial charge in [-0.2, -0.15) is 0 Å². The highest BCUT2D eigenvalue weighted by Gasteiger charge is 1.88. The van der Waals surface area contributed by atoms with Crippen LogP contribution >= 0.6 is 0 Å². The third-order valence-electron chi connectivity index (χ3n) is 0.482. The zero-order chi connectivity index (χ0) is 6.62. The highest BCUT2D eigenvalue weighted by Crippen LogP contribution is 1.80. The zero-order valence-electron chi connectivity index (χ0n) is 4.88. The van der Waals surface area contributed by atoms with Gasteiger partial charge < -0.3 is 5.32 Å². The van der Waals surface area contributed by atoms with Crippen LogP contribution in [0, 0.1) is 0 Å². The third kappa shape index (κ3) is 5.49. The molecule has 4 heteroatoms. The van der Waals surface area contributed by atoms with Gasteiger partial charge in [0.15, 0.2) is 9.84 Å². The van der Waals surface area contributed by atoms with Crippen LogP contribution in [0.2, 0.25) is 0 Å². The molecule has 0 aliphatic carbocycles. The van der Waals surface area contributed by atoms with Crippen molar-refractivity contribution in [1.29, 1.82) is 0 Å². The van der Waals surface area contributed by atoms with Crippen LogP contribution in [-0.2, 0) is 9.84 Å². The van der Waals surface area contributed by atoms with Crippen LogP contribution in [0.3, 0.4) is 0 Å². The number of hydrogen-bond donors (Lipinski definition) is 1. The summed E-state index contributed by atoms with van der Waals surface area (Å²) in [7, 11) is -1.29. The van der Waals surface area contributed by atoms with Gasteiger partial charge >= 0.3 is 0 Å². The summed E-state index contributed by atoms with van der Waals surface area (Å²) in [5.74, 6) is 0. The molecule has 0 aromatic carbocycles. The van der Waals surface area contributed by atoms with E-state index in [9.17, 15) is 8.42 Å². The normalized spacial score (nSPS) is 12.2. The maximum atomic E-state index is 10.3. The summed E-state index contributed by atoms with van der Waals surface area (Å²) in [5, 5.41) is 3.67. The quantitative estimate of drug-likeness (QED) is 0.566. The lowest BCUT2D eigenvalue weighted by Gasteiger charge is -1.83. The molecule has 0 rings (SSSR count). The van der Waals surface area contributed by atoms with Crippen LogP contribution in [-0.4, -0.2) is 21.7 Å². The van der Waals surface area contributed by atoms with Crippen molar-refractivity contribution >= 4 is 9.84 Å². The molecule has 0 bridgehead atoms. The first-order valence-corrected chi connectivity index (χ1v) is 4.05. The molecule has 0 aliphatic rings. The van der Waals surface area contributed by atoms with Crippen LogP contribution in [0.5, 0.6) is 0 Å². The fraction of sp³-hybridized carbons (Fsp3) is 0.500. The second kappa shape index (κ2) is 2.71. The molecule has 0 heterocycles. The highest BCUT2D eigenvalue weighted by molar-refractivity contribution is 7.93. The maximum absolute atomic E-state index is 10.3. The average Bonchev–Trinajstić information content (AvgIpc) is 1.59. The molecule has 0 atom stereocenters. The Bertz CT molecular complexity index is 168. The lowest BCUT2D eigenvalue weighted by atomic mass is 11.0. The molecule has 0 unspecified atom stereocenters. The number of rotatable bonds is 2. The van der Waals surface area contributed by atoms with E-state index < -0.39 is 9.84 Å². The molecule has 0 aromatic rings. The molecule has 0 aromatic heterocycles. The topological polar surface area (TPSA) is 46.2 Å². The SMILES string of the molecule is CN/C=C\S(C)(=O)=O. The molecule has 0 amide bonds. The van der Waals surface area contributed by atoms with Gasteiger partial charge in [-0.15, -0.1) is 0 Å². The monoisotopic (exact) mass is 135 g/mol. The molecule has 1 N–H and O–H groups in total. The summed E-state index contributed by atoms with van der Waals surface area (Å²) in [4.78, 5) is 0. The van der Waals surface area contributed by atoms with Crippen LogP contribution in [0.1, 0.15) is 0 Å². The first-order chi connectivity index (χ1) is 3.56. The largest absolute Gasteiger partial charge is 0.393 e. The minimum absolute atomic E-state index is 1.10. The Labute approximate surface area is 49.3 Å². The summed E-state index contributed by atoms with van der Waals surface area (Å²) in [5.41, 5.74) is 0. The van der Waals surface area contributed by atoms with Gasteiger partial charge in [-0.05, 0) is 0 Å². The van der Waals surface area contributed by atoms with Crippen LogP contribution < -0.4 is 5.32 Å². The lowest BCUT2D eigenvalue weighted by Crippen LogP contribution is -1.95. The van der Waals surface area contributed by atoms with E-state index in [1.807, 2.05) is 0 Å². The van der Waals surface area contributed by atoms with Gasteiger partial charge in [-0.3, -0.25) is 0 Å². The fourth-order valence-electron chi connectivity index (χ4n) is 0.192. The molecular formula is C4H9NO2S. The van der Waals surface area contributed by atoms with Gasteiger partial charge in [0.1, 0.15) is 0 Å². The Morgan fingerprint density at radius 1 is 1.50 bits per heavy atom. The van der Waals surface area contributed by atoms with Gasteiger partial charge in [-0.1, -0.05) is 0 Å². The average molecular weight is 135 g/mol. The second-order valence-electron chi connectivity index (χ2n) is 1.42. The number of nitrogens with one attached hydrogen (secondary N) is 1. The molecule has 0 aliphatic heterocycles. The first-order valence-electron chi connectivity index (χ1n) is 2.10. The third-order valence-corrected chi connectivity index (χ3v) is 1.11. The van der Waals surface area contributed by atoms with Crippen LogP contribution in [0.25, 0.3) is 0 Å². The van der Waals surface area contributed by atoms with Gasteiger partial charge in [0.05, 0.1) is 0 Å². The van der Waals surface area contributed by atoms with E-state index >= 15 is 0 Å². The Morgan fingerprint density at radius 3 is 2.12 bits per heavy atom. The minimum atomic E-state index is -2.93. The van der Waals surface area contributed by atoms with Gasteiger partial charge in [0.2, 0.25) is 0 Å². The van der Waals surface area contributed by atoms with Crippen molar-refractivity contribution in [2.45, 2.75) is 0 Å². The lowest BCUT2D eigenvalue weighted by molar-refractivity contribution is 0.610. The predicted molar refractivity (Wildman–Crippen MR) is 33.0 cm³/mol. The van der Waals surface area contributed by atoms with Crippen molar-refractivity contribution in [2.24, 2.45) is 0 Å². The Kier molecular flexibility index (Phi) is 2.54. The van der Waals surface area contributed by atoms with E-state index in [4.69, 9.17) is 0 Å². The second-order valence-corrected chi connectivity index (χ2v) is 3.35. The summed E-state index contributed by atoms with van der Waals surface area (Å²) in [6.45, 7) is 0. The summed E-state index contributed by atoms with van der Waals surface area (Å²) in [6, 6.07) is 0. The van der Waals surface area contributed by atoms with E-state index in [1.165, 1.54) is 6.20 Å². The molecule has 3 nitrogen and oxygen atoms in total. The van der Waals surface area contributed by atoms with E-state index in [0.717, 1.165) is 11.7 Å². The number of hydrogen-bond acceptors (Lipinski definition) is 3. The van der Waals surface area contributed by atoms with E-state index in [-0.39, 0.29) is 0 Å². The smallest absolute Gasteiger partial charge is 0.170 e. The van der Waals surface area contributed by atoms with Crippen molar-refractivity contribution in [3.05, 3.63) is 11.6 Å². The molecule has 8 heavy (non-hydrogen) atoms. The Balaban J connectivity index is 3.92. The van der Waals surface area contributed by atoms with Crippen molar-refractivity contribution in [1.82, 2.24) is 5.32 Å². The Morgan fingerprint density at radius 2 is 2.00 bits per heavy atom. The minimum Gasteiger partial charge on any atom is -0.393 e. The van der Waals surface area contributed by atoms with E-state index in [1.54, 1.807) is 7.05 Å². The summed E-state index contributed by atoms with van der Waals surface area (Å²) >= 11 is 0. The van der Waals surface area contributed by atoms with Gasteiger partial charge in [0.25, 0.3) is 0 Å². The van der Waals surface area contributed by atoms with Crippen molar-refractivity contribution in [2.75, 3.05) is 13.3 Å². The molecule has 0 fully saturated rings. The van der Waals surface area contributed by atoms with Crippen molar-refractivity contribution in [3.63, 3.8) is 0 Å². The van der Waals surface area contributed by atoms with Crippen molar-refractivity contribution in [3.8, 4) is 0 Å². The fourth-order valence-corrected chi connectivity index (χ4v) is 0.575. The number of sulfone groups is 1. The molecule has 0 saturated carbocycles. The van der Waals surface area contributed by atoms with Gasteiger partial charge in [-0.25, -0.2) is 8.42 Å². The molecule has 0 radical (unpaired) electrons. The predicted octanol–water partition coefficient (Wildman–Crippen LogP) is -0.278.